The molecule has 1 saturated heterocycles. The molecule has 2 heterocycles. The molecule has 3 nitrogen and oxygen atoms in total. The highest BCUT2D eigenvalue weighted by Crippen LogP contribution is 2.30. The Balaban J connectivity index is 1.78. The maximum Gasteiger partial charge on any atom is 0.124 e. The van der Waals surface area contributed by atoms with Gasteiger partial charge in [-0.05, 0) is 44.2 Å². The van der Waals surface area contributed by atoms with Gasteiger partial charge >= 0.3 is 0 Å². The van der Waals surface area contributed by atoms with Crippen LogP contribution >= 0.6 is 0 Å². The normalized spacial score (nSPS) is 15.8. The van der Waals surface area contributed by atoms with E-state index in [1.807, 2.05) is 19.1 Å². The number of halogens is 1. The molecule has 3 rings (SSSR count). The average Bonchev–Trinajstić information content (AvgIpc) is 2.59. The molecule has 1 aromatic carbocycles. The van der Waals surface area contributed by atoms with Crippen LogP contribution in [0, 0.1) is 17.7 Å². The lowest BCUT2D eigenvalue weighted by atomic mass is 9.97. The lowest BCUT2D eigenvalue weighted by molar-refractivity contribution is -0.102. The van der Waals surface area contributed by atoms with Crippen LogP contribution in [0.1, 0.15) is 30.7 Å². The number of hydrogen-bond donors (Lipinski definition) is 0. The van der Waals surface area contributed by atoms with Gasteiger partial charge in [0.1, 0.15) is 5.82 Å². The molecule has 2 aromatic rings. The number of ether oxygens (including phenoxy) is 1. The van der Waals surface area contributed by atoms with Gasteiger partial charge in [0.25, 0.3) is 0 Å². The largest absolute Gasteiger partial charge is 0.376 e. The topological polar surface area (TPSA) is 25.4 Å². The Morgan fingerprint density at radius 1 is 1.24 bits per heavy atom. The zero-order chi connectivity index (χ0) is 17.9. The molecule has 25 heavy (non-hydrogen) atoms. The average molecular weight is 336 g/mol. The third kappa shape index (κ3) is 3.72. The van der Waals surface area contributed by atoms with E-state index in [1.54, 1.807) is 18.3 Å². The highest BCUT2D eigenvalue weighted by molar-refractivity contribution is 5.62. The molecule has 0 amide bonds. The van der Waals surface area contributed by atoms with Gasteiger partial charge in [-0.25, -0.2) is 4.39 Å². The van der Waals surface area contributed by atoms with Crippen LogP contribution in [0.25, 0.3) is 5.70 Å². The van der Waals surface area contributed by atoms with E-state index in [2.05, 4.69) is 41.8 Å². The molecular formula is C21H21FN2O. The van der Waals surface area contributed by atoms with E-state index >= 15 is 0 Å². The van der Waals surface area contributed by atoms with E-state index < -0.39 is 0 Å². The molecule has 4 heteroatoms. The van der Waals surface area contributed by atoms with Crippen LogP contribution in [-0.2, 0) is 4.74 Å². The summed E-state index contributed by atoms with van der Waals surface area (Å²) in [5.74, 6) is 5.70. The van der Waals surface area contributed by atoms with Crippen LogP contribution in [0.3, 0.4) is 0 Å². The van der Waals surface area contributed by atoms with Crippen molar-refractivity contribution < 1.29 is 9.13 Å². The Morgan fingerprint density at radius 2 is 2.00 bits per heavy atom. The number of likely N-dealkylation sites (N-methyl/N-ethyl adjacent to an activating group) is 1. The molecule has 0 N–H and O–H groups in total. The van der Waals surface area contributed by atoms with Crippen LogP contribution in [0.4, 0.5) is 4.39 Å². The molecule has 1 fully saturated rings. The Labute approximate surface area is 148 Å². The third-order valence-electron chi connectivity index (χ3n) is 4.47. The number of rotatable bonds is 3. The van der Waals surface area contributed by atoms with E-state index in [9.17, 15) is 4.39 Å². The summed E-state index contributed by atoms with van der Waals surface area (Å²) in [6, 6.07) is 10.2. The Bertz CT molecular complexity index is 842. The van der Waals surface area contributed by atoms with Crippen molar-refractivity contribution in [1.29, 1.82) is 0 Å². The first-order valence-electron chi connectivity index (χ1n) is 8.24. The van der Waals surface area contributed by atoms with Gasteiger partial charge in [0.2, 0.25) is 0 Å². The number of aromatic nitrogens is 1. The van der Waals surface area contributed by atoms with Crippen LogP contribution in [0.15, 0.2) is 48.7 Å². The molecule has 0 atom stereocenters. The van der Waals surface area contributed by atoms with E-state index in [4.69, 9.17) is 4.74 Å². The summed E-state index contributed by atoms with van der Waals surface area (Å²) in [6.07, 6.45) is 3.81. The molecule has 0 unspecified atom stereocenters. The predicted octanol–water partition coefficient (Wildman–Crippen LogP) is 3.70. The lowest BCUT2D eigenvalue weighted by Gasteiger charge is -2.47. The van der Waals surface area contributed by atoms with Gasteiger partial charge in [-0.15, -0.1) is 0 Å². The van der Waals surface area contributed by atoms with Gasteiger partial charge in [-0.1, -0.05) is 24.0 Å². The van der Waals surface area contributed by atoms with Gasteiger partial charge in [-0.2, -0.15) is 0 Å². The fraction of sp³-hybridized carbons (Fsp3) is 0.286. The fourth-order valence-electron chi connectivity index (χ4n) is 2.73. The zero-order valence-corrected chi connectivity index (χ0v) is 14.7. The number of nitrogens with zero attached hydrogens (tertiary/aromatic N) is 2. The number of benzene rings is 1. The van der Waals surface area contributed by atoms with Crippen molar-refractivity contribution in [3.8, 4) is 11.8 Å². The summed E-state index contributed by atoms with van der Waals surface area (Å²) >= 11 is 0. The summed E-state index contributed by atoms with van der Waals surface area (Å²) in [5, 5.41) is 0. The first-order chi connectivity index (χ1) is 12.0. The number of pyridine rings is 1. The van der Waals surface area contributed by atoms with Gasteiger partial charge < -0.3 is 9.64 Å². The van der Waals surface area contributed by atoms with E-state index in [1.165, 1.54) is 12.1 Å². The minimum atomic E-state index is -0.283. The molecular weight excluding hydrogens is 315 g/mol. The molecule has 1 aliphatic rings. The molecule has 1 aliphatic heterocycles. The van der Waals surface area contributed by atoms with Crippen molar-refractivity contribution in [3.63, 3.8) is 0 Å². The summed E-state index contributed by atoms with van der Waals surface area (Å²) < 4.78 is 18.5. The SMILES string of the molecule is CC=C(c1ccc(C#Cc2cccc(F)c2)cn1)N(C)C1(C)COC1. The third-order valence-corrected chi connectivity index (χ3v) is 4.47. The zero-order valence-electron chi connectivity index (χ0n) is 14.7. The summed E-state index contributed by atoms with van der Waals surface area (Å²) in [7, 11) is 2.07. The second kappa shape index (κ2) is 7.08. The number of allylic oxidation sites excluding steroid dienone is 1. The first kappa shape index (κ1) is 17.2. The molecule has 1 aromatic heterocycles. The standard InChI is InChI=1S/C21H21FN2O/c1-4-20(24(3)21(2)14-25-15-21)19-11-10-17(13-23-19)9-8-16-6-5-7-18(22)12-16/h4-7,10-13H,14-15H2,1-3H3. The van der Waals surface area contributed by atoms with Crippen molar-refractivity contribution in [3.05, 3.63) is 71.3 Å². The van der Waals surface area contributed by atoms with E-state index in [-0.39, 0.29) is 11.4 Å². The molecule has 0 spiro atoms. The van der Waals surface area contributed by atoms with Crippen molar-refractivity contribution >= 4 is 5.70 Å². The minimum absolute atomic E-state index is 0.0133. The molecule has 0 aliphatic carbocycles. The van der Waals surface area contributed by atoms with E-state index in [0.29, 0.717) is 5.56 Å². The molecule has 0 radical (unpaired) electrons. The van der Waals surface area contributed by atoms with Crippen molar-refractivity contribution in [2.24, 2.45) is 0 Å². The summed E-state index contributed by atoms with van der Waals surface area (Å²) in [5.41, 5.74) is 3.42. The highest BCUT2D eigenvalue weighted by atomic mass is 19.1. The quantitative estimate of drug-likeness (QED) is 0.799. The predicted molar refractivity (Wildman–Crippen MR) is 97.3 cm³/mol. The van der Waals surface area contributed by atoms with Crippen LogP contribution in [-0.4, -0.2) is 35.7 Å². The van der Waals surface area contributed by atoms with Crippen molar-refractivity contribution in [2.75, 3.05) is 20.3 Å². The van der Waals surface area contributed by atoms with Crippen molar-refractivity contribution in [1.82, 2.24) is 9.88 Å². The molecule has 0 bridgehead atoms. The monoisotopic (exact) mass is 336 g/mol. The van der Waals surface area contributed by atoms with Gasteiger partial charge in [0.15, 0.2) is 0 Å². The number of hydrogen-bond acceptors (Lipinski definition) is 3. The van der Waals surface area contributed by atoms with Gasteiger partial charge in [0.05, 0.1) is 30.1 Å². The second-order valence-electron chi connectivity index (χ2n) is 6.42. The van der Waals surface area contributed by atoms with Crippen LogP contribution in [0.5, 0.6) is 0 Å². The Kier molecular flexibility index (Phi) is 4.87. The van der Waals surface area contributed by atoms with Gasteiger partial charge in [-0.3, -0.25) is 4.98 Å². The maximum absolute atomic E-state index is 13.2. The van der Waals surface area contributed by atoms with E-state index in [0.717, 1.165) is 30.2 Å². The molecule has 128 valence electrons. The smallest absolute Gasteiger partial charge is 0.124 e. The van der Waals surface area contributed by atoms with Crippen molar-refractivity contribution in [2.45, 2.75) is 19.4 Å². The maximum atomic E-state index is 13.2. The van der Waals surface area contributed by atoms with Crippen LogP contribution < -0.4 is 0 Å². The Hall–Kier alpha value is -2.64. The Morgan fingerprint density at radius 3 is 2.56 bits per heavy atom. The minimum Gasteiger partial charge on any atom is -0.376 e. The van der Waals surface area contributed by atoms with Gasteiger partial charge in [0, 0.05) is 24.4 Å². The first-order valence-corrected chi connectivity index (χ1v) is 8.24. The summed E-state index contributed by atoms with van der Waals surface area (Å²) in [4.78, 5) is 6.76. The van der Waals surface area contributed by atoms with Crippen LogP contribution in [0.2, 0.25) is 0 Å². The molecule has 0 saturated carbocycles. The highest BCUT2D eigenvalue weighted by Gasteiger charge is 2.38. The fourth-order valence-corrected chi connectivity index (χ4v) is 2.73. The summed E-state index contributed by atoms with van der Waals surface area (Å²) in [6.45, 7) is 5.63. The lowest BCUT2D eigenvalue weighted by Crippen LogP contribution is -2.57. The second-order valence-corrected chi connectivity index (χ2v) is 6.42.